The monoisotopic (exact) mass is 281 g/mol. The molecule has 0 aliphatic heterocycles. The van der Waals surface area contributed by atoms with Crippen LogP contribution in [0.25, 0.3) is 11.3 Å². The molecule has 0 aliphatic carbocycles. The summed E-state index contributed by atoms with van der Waals surface area (Å²) in [6.45, 7) is 0. The standard InChI is InChI=1S/C11H6ClF2N5/c12-5-1-2-6(13)8(14)7(5)9-4(3-15)10(16)19-11(17)18-9/h1-2H,(H4,16,17,18,19). The van der Waals surface area contributed by atoms with E-state index in [4.69, 9.17) is 28.3 Å². The maximum Gasteiger partial charge on any atom is 0.222 e. The van der Waals surface area contributed by atoms with E-state index in [0.29, 0.717) is 0 Å². The maximum absolute atomic E-state index is 13.8. The van der Waals surface area contributed by atoms with Gasteiger partial charge in [0.15, 0.2) is 11.6 Å². The number of rotatable bonds is 1. The molecule has 0 aliphatic rings. The van der Waals surface area contributed by atoms with Crippen molar-refractivity contribution in [3.63, 3.8) is 0 Å². The second-order valence-corrected chi connectivity index (χ2v) is 3.93. The molecule has 0 saturated heterocycles. The predicted molar refractivity (Wildman–Crippen MR) is 65.9 cm³/mol. The van der Waals surface area contributed by atoms with Crippen LogP contribution in [0.1, 0.15) is 5.56 Å². The van der Waals surface area contributed by atoms with E-state index >= 15 is 0 Å². The molecule has 4 N–H and O–H groups in total. The molecule has 96 valence electrons. The average Bonchev–Trinajstić information content (AvgIpc) is 2.34. The fourth-order valence-corrected chi connectivity index (χ4v) is 1.77. The topological polar surface area (TPSA) is 102 Å². The minimum atomic E-state index is -1.23. The van der Waals surface area contributed by atoms with E-state index in [1.54, 1.807) is 6.07 Å². The normalized spacial score (nSPS) is 10.2. The van der Waals surface area contributed by atoms with Crippen LogP contribution in [0.5, 0.6) is 0 Å². The summed E-state index contributed by atoms with van der Waals surface area (Å²) in [6, 6.07) is 3.72. The molecule has 1 aromatic carbocycles. The van der Waals surface area contributed by atoms with Crippen LogP contribution in [0.15, 0.2) is 12.1 Å². The summed E-state index contributed by atoms with van der Waals surface area (Å²) in [5.41, 5.74) is 10.0. The first-order chi connectivity index (χ1) is 8.95. The van der Waals surface area contributed by atoms with E-state index in [1.807, 2.05) is 0 Å². The summed E-state index contributed by atoms with van der Waals surface area (Å²) in [5.74, 6) is -2.86. The molecule has 0 saturated carbocycles. The molecule has 19 heavy (non-hydrogen) atoms. The van der Waals surface area contributed by atoms with E-state index in [1.165, 1.54) is 0 Å². The Morgan fingerprint density at radius 1 is 1.21 bits per heavy atom. The Kier molecular flexibility index (Phi) is 3.19. The lowest BCUT2D eigenvalue weighted by Gasteiger charge is -2.09. The number of aromatic nitrogens is 2. The van der Waals surface area contributed by atoms with Gasteiger partial charge in [0.25, 0.3) is 0 Å². The van der Waals surface area contributed by atoms with Gasteiger partial charge in [-0.1, -0.05) is 11.6 Å². The summed E-state index contributed by atoms with van der Waals surface area (Å²) in [7, 11) is 0. The first-order valence-corrected chi connectivity index (χ1v) is 5.30. The lowest BCUT2D eigenvalue weighted by molar-refractivity contribution is 0.511. The Bertz CT molecular complexity index is 711. The van der Waals surface area contributed by atoms with Gasteiger partial charge in [0.05, 0.1) is 10.6 Å². The first-order valence-electron chi connectivity index (χ1n) is 4.92. The van der Waals surface area contributed by atoms with Crippen LogP contribution in [0.4, 0.5) is 20.5 Å². The Morgan fingerprint density at radius 3 is 2.53 bits per heavy atom. The molecule has 0 amide bonds. The van der Waals surface area contributed by atoms with Crippen LogP contribution in [-0.4, -0.2) is 9.97 Å². The van der Waals surface area contributed by atoms with Gasteiger partial charge in [0.2, 0.25) is 5.95 Å². The van der Waals surface area contributed by atoms with Gasteiger partial charge in [-0.05, 0) is 12.1 Å². The Hall–Kier alpha value is -2.46. The minimum Gasteiger partial charge on any atom is -0.382 e. The number of nitrogen functional groups attached to an aromatic ring is 2. The molecule has 8 heteroatoms. The third-order valence-electron chi connectivity index (χ3n) is 2.35. The van der Waals surface area contributed by atoms with E-state index < -0.39 is 11.6 Å². The van der Waals surface area contributed by atoms with Crippen LogP contribution < -0.4 is 11.5 Å². The van der Waals surface area contributed by atoms with Gasteiger partial charge >= 0.3 is 0 Å². The van der Waals surface area contributed by atoms with Crippen molar-refractivity contribution >= 4 is 23.4 Å². The second kappa shape index (κ2) is 4.66. The summed E-state index contributed by atoms with van der Waals surface area (Å²) < 4.78 is 27.1. The van der Waals surface area contributed by atoms with Crippen LogP contribution in [0.3, 0.4) is 0 Å². The van der Waals surface area contributed by atoms with Gasteiger partial charge in [-0.2, -0.15) is 10.2 Å². The Balaban J connectivity index is 2.87. The number of nitriles is 1. The van der Waals surface area contributed by atoms with Crippen molar-refractivity contribution < 1.29 is 8.78 Å². The average molecular weight is 282 g/mol. The summed E-state index contributed by atoms with van der Waals surface area (Å²) in [4.78, 5) is 7.29. The zero-order valence-electron chi connectivity index (χ0n) is 9.28. The molecule has 1 aromatic heterocycles. The number of hydrogen-bond donors (Lipinski definition) is 2. The number of hydrogen-bond acceptors (Lipinski definition) is 5. The molecule has 0 radical (unpaired) electrons. The maximum atomic E-state index is 13.8. The fourth-order valence-electron chi connectivity index (χ4n) is 1.53. The Labute approximate surface area is 111 Å². The lowest BCUT2D eigenvalue weighted by atomic mass is 10.1. The van der Waals surface area contributed by atoms with Crippen LogP contribution in [0, 0.1) is 23.0 Å². The van der Waals surface area contributed by atoms with E-state index in [-0.39, 0.29) is 33.6 Å². The molecule has 5 nitrogen and oxygen atoms in total. The van der Waals surface area contributed by atoms with Gasteiger partial charge in [-0.25, -0.2) is 13.8 Å². The van der Waals surface area contributed by atoms with Crippen molar-refractivity contribution in [2.45, 2.75) is 0 Å². The quantitative estimate of drug-likeness (QED) is 0.780. The van der Waals surface area contributed by atoms with Gasteiger partial charge in [0.1, 0.15) is 23.1 Å². The smallest absolute Gasteiger partial charge is 0.222 e. The molecular formula is C11H6ClF2N5. The third kappa shape index (κ3) is 2.13. The summed E-state index contributed by atoms with van der Waals surface area (Å²) in [6.07, 6.45) is 0. The molecule has 0 bridgehead atoms. The van der Waals surface area contributed by atoms with Crippen molar-refractivity contribution in [2.24, 2.45) is 0 Å². The van der Waals surface area contributed by atoms with Crippen molar-refractivity contribution in [1.82, 2.24) is 9.97 Å². The predicted octanol–water partition coefficient (Wildman–Crippen LogP) is 2.11. The first kappa shape index (κ1) is 13.0. The van der Waals surface area contributed by atoms with E-state index in [9.17, 15) is 8.78 Å². The fraction of sp³-hybridized carbons (Fsp3) is 0. The third-order valence-corrected chi connectivity index (χ3v) is 2.66. The summed E-state index contributed by atoms with van der Waals surface area (Å²) >= 11 is 5.81. The van der Waals surface area contributed by atoms with Crippen LogP contribution in [-0.2, 0) is 0 Å². The zero-order valence-corrected chi connectivity index (χ0v) is 10.0. The number of nitrogens with zero attached hydrogens (tertiary/aromatic N) is 3. The van der Waals surface area contributed by atoms with Crippen molar-refractivity contribution in [3.8, 4) is 17.3 Å². The lowest BCUT2D eigenvalue weighted by Crippen LogP contribution is -2.06. The highest BCUT2D eigenvalue weighted by atomic mass is 35.5. The highest BCUT2D eigenvalue weighted by molar-refractivity contribution is 6.33. The SMILES string of the molecule is N#Cc1c(N)nc(N)nc1-c1c(Cl)ccc(F)c1F. The number of benzene rings is 1. The van der Waals surface area contributed by atoms with Gasteiger partial charge in [-0.15, -0.1) is 0 Å². The molecule has 0 spiro atoms. The molecule has 2 aromatic rings. The van der Waals surface area contributed by atoms with Gasteiger partial charge in [-0.3, -0.25) is 0 Å². The molecule has 0 fully saturated rings. The molecule has 1 heterocycles. The minimum absolute atomic E-state index is 0.118. The van der Waals surface area contributed by atoms with E-state index in [0.717, 1.165) is 12.1 Å². The molecule has 0 atom stereocenters. The largest absolute Gasteiger partial charge is 0.382 e. The van der Waals surface area contributed by atoms with Gasteiger partial charge < -0.3 is 11.5 Å². The Morgan fingerprint density at radius 2 is 1.89 bits per heavy atom. The van der Waals surface area contributed by atoms with Crippen molar-refractivity contribution in [3.05, 3.63) is 34.4 Å². The second-order valence-electron chi connectivity index (χ2n) is 3.52. The van der Waals surface area contributed by atoms with Crippen LogP contribution in [0.2, 0.25) is 5.02 Å². The highest BCUT2D eigenvalue weighted by Gasteiger charge is 2.21. The number of nitrogens with two attached hydrogens (primary N) is 2. The van der Waals surface area contributed by atoms with Crippen molar-refractivity contribution in [2.75, 3.05) is 11.5 Å². The number of halogens is 3. The van der Waals surface area contributed by atoms with Gasteiger partial charge in [0, 0.05) is 0 Å². The van der Waals surface area contributed by atoms with Crippen molar-refractivity contribution in [1.29, 1.82) is 5.26 Å². The van der Waals surface area contributed by atoms with E-state index in [2.05, 4.69) is 9.97 Å². The zero-order chi connectivity index (χ0) is 14.2. The molecule has 0 unspecified atom stereocenters. The number of anilines is 2. The summed E-state index contributed by atoms with van der Waals surface area (Å²) in [5, 5.41) is 8.87. The molecule has 2 rings (SSSR count). The van der Waals surface area contributed by atoms with Crippen LogP contribution >= 0.6 is 11.6 Å². The molecular weight excluding hydrogens is 276 g/mol. The highest BCUT2D eigenvalue weighted by Crippen LogP contribution is 2.34.